The number of nitrogens with one attached hydrogen (secondary N) is 2. The van der Waals surface area contributed by atoms with Gasteiger partial charge in [-0.15, -0.1) is 0 Å². The molecule has 7 heteroatoms. The number of piperidine rings is 1. The Morgan fingerprint density at radius 1 is 1.22 bits per heavy atom. The van der Waals surface area contributed by atoms with Gasteiger partial charge >= 0.3 is 0 Å². The maximum atomic E-state index is 13.3. The zero-order valence-electron chi connectivity index (χ0n) is 14.7. The van der Waals surface area contributed by atoms with Crippen molar-refractivity contribution in [3.63, 3.8) is 0 Å². The van der Waals surface area contributed by atoms with Gasteiger partial charge in [0, 0.05) is 30.1 Å². The lowest BCUT2D eigenvalue weighted by Gasteiger charge is -2.33. The third kappa shape index (κ3) is 3.59. The molecule has 0 unspecified atom stereocenters. The molecule has 2 aromatic carbocycles. The minimum absolute atomic E-state index is 0.0439. The topological polar surface area (TPSA) is 92.9 Å². The Morgan fingerprint density at radius 3 is 2.81 bits per heavy atom. The molecule has 138 valence electrons. The fourth-order valence-corrected chi connectivity index (χ4v) is 3.61. The molecule has 27 heavy (non-hydrogen) atoms. The second kappa shape index (κ2) is 7.28. The van der Waals surface area contributed by atoms with Gasteiger partial charge in [0.25, 0.3) is 5.91 Å². The summed E-state index contributed by atoms with van der Waals surface area (Å²) in [4.78, 5) is 20.6. The van der Waals surface area contributed by atoms with Crippen molar-refractivity contribution in [2.45, 2.75) is 18.4 Å². The van der Waals surface area contributed by atoms with Crippen LogP contribution in [0, 0.1) is 5.82 Å². The molecule has 1 aromatic heterocycles. The SMILES string of the molecule is NC(=O)c1cccc2cnc(N[C@H]3CNCC[C@@H]3c3ccc(F)cc3)nc12. The molecule has 1 fully saturated rings. The predicted octanol–water partition coefficient (Wildman–Crippen LogP) is 2.43. The number of hydrogen-bond acceptors (Lipinski definition) is 5. The molecule has 1 aliphatic rings. The number of carbonyl (C=O) groups is 1. The van der Waals surface area contributed by atoms with E-state index in [9.17, 15) is 9.18 Å². The van der Waals surface area contributed by atoms with E-state index in [1.165, 1.54) is 12.1 Å². The molecule has 0 spiro atoms. The van der Waals surface area contributed by atoms with Gasteiger partial charge in [-0.3, -0.25) is 4.79 Å². The second-order valence-corrected chi connectivity index (χ2v) is 6.70. The lowest BCUT2D eigenvalue weighted by Crippen LogP contribution is -2.44. The lowest BCUT2D eigenvalue weighted by molar-refractivity contribution is 0.100. The molecular weight excluding hydrogens is 345 g/mol. The van der Waals surface area contributed by atoms with E-state index in [-0.39, 0.29) is 17.8 Å². The number of para-hydroxylation sites is 1. The molecular formula is C20H20FN5O. The Morgan fingerprint density at radius 2 is 2.04 bits per heavy atom. The van der Waals surface area contributed by atoms with E-state index in [0.29, 0.717) is 17.0 Å². The van der Waals surface area contributed by atoms with Crippen molar-refractivity contribution in [2.75, 3.05) is 18.4 Å². The van der Waals surface area contributed by atoms with Crippen molar-refractivity contribution in [1.82, 2.24) is 15.3 Å². The van der Waals surface area contributed by atoms with E-state index in [4.69, 9.17) is 5.73 Å². The summed E-state index contributed by atoms with van der Waals surface area (Å²) in [5.74, 6) is -0.114. The molecule has 2 atom stereocenters. The van der Waals surface area contributed by atoms with E-state index in [1.807, 2.05) is 18.2 Å². The number of fused-ring (bicyclic) bond motifs is 1. The summed E-state index contributed by atoms with van der Waals surface area (Å²) in [6.45, 7) is 1.63. The summed E-state index contributed by atoms with van der Waals surface area (Å²) in [7, 11) is 0. The van der Waals surface area contributed by atoms with Crippen LogP contribution in [0.15, 0.2) is 48.7 Å². The normalized spacial score (nSPS) is 19.7. The molecule has 1 aliphatic heterocycles. The summed E-state index contributed by atoms with van der Waals surface area (Å²) in [5.41, 5.74) is 7.44. The molecule has 0 radical (unpaired) electrons. The van der Waals surface area contributed by atoms with Gasteiger partial charge in [0.15, 0.2) is 0 Å². The first kappa shape index (κ1) is 17.4. The van der Waals surface area contributed by atoms with Crippen LogP contribution in [0.1, 0.15) is 28.3 Å². The summed E-state index contributed by atoms with van der Waals surface area (Å²) in [6.07, 6.45) is 2.60. The van der Waals surface area contributed by atoms with Crippen LogP contribution in [-0.2, 0) is 0 Å². The van der Waals surface area contributed by atoms with Crippen LogP contribution in [0.3, 0.4) is 0 Å². The molecule has 1 saturated heterocycles. The third-order valence-electron chi connectivity index (χ3n) is 4.97. The zero-order valence-corrected chi connectivity index (χ0v) is 14.7. The number of amides is 1. The highest BCUT2D eigenvalue weighted by Crippen LogP contribution is 2.28. The van der Waals surface area contributed by atoms with E-state index >= 15 is 0 Å². The summed E-state index contributed by atoms with van der Waals surface area (Å²) in [5, 5.41) is 7.50. The number of nitrogens with two attached hydrogens (primary N) is 1. The van der Waals surface area contributed by atoms with Gasteiger partial charge < -0.3 is 16.4 Å². The molecule has 0 saturated carbocycles. The van der Waals surface area contributed by atoms with Crippen LogP contribution in [0.25, 0.3) is 10.9 Å². The zero-order chi connectivity index (χ0) is 18.8. The Bertz CT molecular complexity index is 976. The van der Waals surface area contributed by atoms with E-state index in [2.05, 4.69) is 20.6 Å². The van der Waals surface area contributed by atoms with Crippen molar-refractivity contribution in [1.29, 1.82) is 0 Å². The molecule has 4 rings (SSSR count). The van der Waals surface area contributed by atoms with Crippen molar-refractivity contribution in [3.8, 4) is 0 Å². The fourth-order valence-electron chi connectivity index (χ4n) is 3.61. The van der Waals surface area contributed by atoms with Crippen LogP contribution in [0.2, 0.25) is 0 Å². The minimum Gasteiger partial charge on any atom is -0.366 e. The molecule has 4 N–H and O–H groups in total. The highest BCUT2D eigenvalue weighted by atomic mass is 19.1. The first-order valence-electron chi connectivity index (χ1n) is 8.90. The average molecular weight is 365 g/mol. The van der Waals surface area contributed by atoms with E-state index < -0.39 is 5.91 Å². The Balaban J connectivity index is 1.64. The monoisotopic (exact) mass is 365 g/mol. The molecule has 0 bridgehead atoms. The highest BCUT2D eigenvalue weighted by Gasteiger charge is 2.27. The fraction of sp³-hybridized carbons (Fsp3) is 0.250. The maximum absolute atomic E-state index is 13.3. The average Bonchev–Trinajstić information content (AvgIpc) is 2.68. The first-order valence-corrected chi connectivity index (χ1v) is 8.90. The summed E-state index contributed by atoms with van der Waals surface area (Å²) >= 11 is 0. The molecule has 6 nitrogen and oxygen atoms in total. The van der Waals surface area contributed by atoms with Crippen LogP contribution < -0.4 is 16.4 Å². The van der Waals surface area contributed by atoms with Crippen molar-refractivity contribution < 1.29 is 9.18 Å². The van der Waals surface area contributed by atoms with Gasteiger partial charge in [-0.2, -0.15) is 0 Å². The Kier molecular flexibility index (Phi) is 4.68. The van der Waals surface area contributed by atoms with Crippen LogP contribution in [0.4, 0.5) is 10.3 Å². The first-order chi connectivity index (χ1) is 13.1. The number of halogens is 1. The standard InChI is InChI=1S/C20H20FN5O/c21-14-6-4-12(5-7-14)15-8-9-23-11-17(15)25-20-24-10-13-2-1-3-16(19(22)27)18(13)26-20/h1-7,10,15,17,23H,8-9,11H2,(H2,22,27)(H,24,25,26)/t15-,17+/m1/s1. The smallest absolute Gasteiger partial charge is 0.250 e. The van der Waals surface area contributed by atoms with Crippen LogP contribution in [0.5, 0.6) is 0 Å². The number of carbonyl (C=O) groups excluding carboxylic acids is 1. The number of aromatic nitrogens is 2. The maximum Gasteiger partial charge on any atom is 0.250 e. The number of primary amides is 1. The largest absolute Gasteiger partial charge is 0.366 e. The third-order valence-corrected chi connectivity index (χ3v) is 4.97. The number of rotatable bonds is 4. The lowest BCUT2D eigenvalue weighted by atomic mass is 9.86. The summed E-state index contributed by atoms with van der Waals surface area (Å²) in [6, 6.07) is 11.9. The Labute approximate surface area is 156 Å². The van der Waals surface area contributed by atoms with Gasteiger partial charge in [0.05, 0.1) is 11.1 Å². The van der Waals surface area contributed by atoms with Crippen molar-refractivity contribution >= 4 is 22.8 Å². The van der Waals surface area contributed by atoms with E-state index in [0.717, 1.165) is 30.5 Å². The van der Waals surface area contributed by atoms with Gasteiger partial charge in [-0.25, -0.2) is 14.4 Å². The van der Waals surface area contributed by atoms with Gasteiger partial charge in [-0.05, 0) is 36.7 Å². The second-order valence-electron chi connectivity index (χ2n) is 6.70. The molecule has 1 amide bonds. The van der Waals surface area contributed by atoms with Crippen LogP contribution >= 0.6 is 0 Å². The van der Waals surface area contributed by atoms with Gasteiger partial charge in [-0.1, -0.05) is 24.3 Å². The van der Waals surface area contributed by atoms with E-state index in [1.54, 1.807) is 18.3 Å². The van der Waals surface area contributed by atoms with Crippen LogP contribution in [-0.4, -0.2) is 35.0 Å². The number of anilines is 1. The minimum atomic E-state index is -0.520. The van der Waals surface area contributed by atoms with Crippen molar-refractivity contribution in [2.24, 2.45) is 5.73 Å². The van der Waals surface area contributed by atoms with Crippen molar-refractivity contribution in [3.05, 3.63) is 65.6 Å². The Hall–Kier alpha value is -3.06. The highest BCUT2D eigenvalue weighted by molar-refractivity contribution is 6.04. The van der Waals surface area contributed by atoms with Gasteiger partial charge in [0.1, 0.15) is 5.82 Å². The summed E-state index contributed by atoms with van der Waals surface area (Å²) < 4.78 is 13.3. The predicted molar refractivity (Wildman–Crippen MR) is 102 cm³/mol. The number of benzene rings is 2. The number of hydrogen-bond donors (Lipinski definition) is 3. The molecule has 0 aliphatic carbocycles. The number of nitrogens with zero attached hydrogens (tertiary/aromatic N) is 2. The molecule has 3 aromatic rings. The quantitative estimate of drug-likeness (QED) is 0.660. The van der Waals surface area contributed by atoms with Gasteiger partial charge in [0.2, 0.25) is 5.95 Å². The molecule has 2 heterocycles.